The van der Waals surface area contributed by atoms with Crippen molar-refractivity contribution in [1.82, 2.24) is 0 Å². The van der Waals surface area contributed by atoms with Gasteiger partial charge in [0.25, 0.3) is 5.91 Å². The van der Waals surface area contributed by atoms with E-state index in [9.17, 15) is 18.4 Å². The third-order valence-electron chi connectivity index (χ3n) is 5.05. The van der Waals surface area contributed by atoms with Gasteiger partial charge in [-0.3, -0.25) is 9.59 Å². The molecular weight excluding hydrogens is 420 g/mol. The Morgan fingerprint density at radius 2 is 1.52 bits per heavy atom. The van der Waals surface area contributed by atoms with Gasteiger partial charge in [-0.2, -0.15) is 0 Å². The van der Waals surface area contributed by atoms with Crippen LogP contribution < -0.4 is 5.32 Å². The first-order chi connectivity index (χ1) is 15.8. The zero-order valence-corrected chi connectivity index (χ0v) is 18.6. The number of carbonyl (C=O) groups excluding carboxylic acids is 2. The van der Waals surface area contributed by atoms with Gasteiger partial charge in [-0.15, -0.1) is 0 Å². The number of rotatable bonds is 8. The molecule has 1 N–H and O–H groups in total. The van der Waals surface area contributed by atoms with Crippen molar-refractivity contribution in [3.63, 3.8) is 0 Å². The first-order valence-electron chi connectivity index (χ1n) is 10.6. The highest BCUT2D eigenvalue weighted by atomic mass is 19.1. The van der Waals surface area contributed by atoms with E-state index in [0.717, 1.165) is 11.1 Å². The maximum absolute atomic E-state index is 13.5. The Balaban J connectivity index is 1.92. The second-order valence-corrected chi connectivity index (χ2v) is 8.08. The molecule has 3 aromatic carbocycles. The lowest BCUT2D eigenvalue weighted by Crippen LogP contribution is -2.16. The van der Waals surface area contributed by atoms with Crippen molar-refractivity contribution in [3.05, 3.63) is 119 Å². The Labute approximate surface area is 192 Å². The molecule has 3 aromatic rings. The van der Waals surface area contributed by atoms with E-state index in [4.69, 9.17) is 0 Å². The van der Waals surface area contributed by atoms with E-state index in [0.29, 0.717) is 23.2 Å². The monoisotopic (exact) mass is 445 g/mol. The van der Waals surface area contributed by atoms with E-state index >= 15 is 0 Å². The highest BCUT2D eigenvalue weighted by molar-refractivity contribution is 6.12. The largest absolute Gasteiger partial charge is 0.322 e. The number of halogens is 2. The van der Waals surface area contributed by atoms with E-state index in [1.165, 1.54) is 42.5 Å². The van der Waals surface area contributed by atoms with Gasteiger partial charge < -0.3 is 5.32 Å². The summed E-state index contributed by atoms with van der Waals surface area (Å²) in [7, 11) is 0. The number of amides is 1. The zero-order chi connectivity index (χ0) is 24.0. The summed E-state index contributed by atoms with van der Waals surface area (Å²) < 4.78 is 26.9. The fourth-order valence-corrected chi connectivity index (χ4v) is 3.53. The summed E-state index contributed by atoms with van der Waals surface area (Å²) in [5.41, 5.74) is 2.83. The summed E-state index contributed by atoms with van der Waals surface area (Å²) in [5, 5.41) is 2.82. The van der Waals surface area contributed by atoms with Crippen LogP contribution >= 0.6 is 0 Å². The van der Waals surface area contributed by atoms with Crippen molar-refractivity contribution in [2.24, 2.45) is 5.92 Å². The number of nitrogens with one attached hydrogen (secondary N) is 1. The van der Waals surface area contributed by atoms with Crippen molar-refractivity contribution in [2.75, 3.05) is 5.32 Å². The summed E-state index contributed by atoms with van der Waals surface area (Å²) in [6, 6.07) is 17.9. The third kappa shape index (κ3) is 6.10. The highest BCUT2D eigenvalue weighted by Crippen LogP contribution is 2.28. The molecule has 0 fully saturated rings. The molecule has 0 aliphatic heterocycles. The molecule has 3 rings (SSSR count). The van der Waals surface area contributed by atoms with E-state index < -0.39 is 5.82 Å². The van der Waals surface area contributed by atoms with E-state index in [2.05, 4.69) is 11.9 Å². The zero-order valence-electron chi connectivity index (χ0n) is 18.6. The first-order valence-corrected chi connectivity index (χ1v) is 10.6. The van der Waals surface area contributed by atoms with Gasteiger partial charge in [0.05, 0.1) is 0 Å². The fourth-order valence-electron chi connectivity index (χ4n) is 3.53. The van der Waals surface area contributed by atoms with E-state index in [1.54, 1.807) is 36.4 Å². The average molecular weight is 446 g/mol. The first kappa shape index (κ1) is 23.8. The SMILES string of the molecule is C=C/C(C(=O)Nc1cccc(C(=O)c2cccc(F)c2)c1)=C(\CC(C)C)c1ccc(F)cc1. The number of anilines is 1. The second kappa shape index (κ2) is 10.6. The molecule has 0 heterocycles. The van der Waals surface area contributed by atoms with Gasteiger partial charge in [-0.05, 0) is 59.9 Å². The van der Waals surface area contributed by atoms with Crippen molar-refractivity contribution in [1.29, 1.82) is 0 Å². The summed E-state index contributed by atoms with van der Waals surface area (Å²) in [6.45, 7) is 7.87. The van der Waals surface area contributed by atoms with Gasteiger partial charge in [-0.1, -0.05) is 62.9 Å². The predicted molar refractivity (Wildman–Crippen MR) is 128 cm³/mol. The lowest BCUT2D eigenvalue weighted by atomic mass is 9.91. The molecule has 0 saturated carbocycles. The molecule has 0 unspecified atom stereocenters. The summed E-state index contributed by atoms with van der Waals surface area (Å²) in [5.74, 6) is -1.34. The number of hydrogen-bond acceptors (Lipinski definition) is 2. The number of carbonyl (C=O) groups is 2. The fraction of sp³-hybridized carbons (Fsp3) is 0.143. The van der Waals surface area contributed by atoms with Gasteiger partial charge in [0.15, 0.2) is 5.78 Å². The second-order valence-electron chi connectivity index (χ2n) is 8.08. The lowest BCUT2D eigenvalue weighted by Gasteiger charge is -2.16. The van der Waals surface area contributed by atoms with Gasteiger partial charge in [-0.25, -0.2) is 8.78 Å². The number of ketones is 1. The Bertz CT molecular complexity index is 1210. The maximum Gasteiger partial charge on any atom is 0.255 e. The molecule has 0 saturated heterocycles. The minimum absolute atomic E-state index is 0.223. The normalized spacial score (nSPS) is 11.7. The van der Waals surface area contributed by atoms with Gasteiger partial charge >= 0.3 is 0 Å². The van der Waals surface area contributed by atoms with Crippen LogP contribution in [0.3, 0.4) is 0 Å². The summed E-state index contributed by atoms with van der Waals surface area (Å²) >= 11 is 0. The van der Waals surface area contributed by atoms with Crippen molar-refractivity contribution < 1.29 is 18.4 Å². The van der Waals surface area contributed by atoms with Crippen LogP contribution in [0.15, 0.2) is 91.0 Å². The lowest BCUT2D eigenvalue weighted by molar-refractivity contribution is -0.112. The van der Waals surface area contributed by atoms with E-state index in [1.807, 2.05) is 13.8 Å². The molecule has 0 spiro atoms. The van der Waals surface area contributed by atoms with Crippen LogP contribution in [0.25, 0.3) is 5.57 Å². The molecule has 0 aliphatic rings. The Hall–Kier alpha value is -3.86. The Morgan fingerprint density at radius 1 is 0.879 bits per heavy atom. The minimum Gasteiger partial charge on any atom is -0.322 e. The quantitative estimate of drug-likeness (QED) is 0.235. The van der Waals surface area contributed by atoms with Crippen LogP contribution in [0, 0.1) is 17.6 Å². The Kier molecular flexibility index (Phi) is 7.67. The van der Waals surface area contributed by atoms with Crippen LogP contribution in [-0.4, -0.2) is 11.7 Å². The van der Waals surface area contributed by atoms with E-state index in [-0.39, 0.29) is 29.0 Å². The number of hydrogen-bond donors (Lipinski definition) is 1. The number of allylic oxidation sites excluding steroid dienone is 1. The van der Waals surface area contributed by atoms with Crippen LogP contribution in [0.2, 0.25) is 0 Å². The smallest absolute Gasteiger partial charge is 0.255 e. The molecule has 0 aliphatic carbocycles. The summed E-state index contributed by atoms with van der Waals surface area (Å²) in [4.78, 5) is 25.9. The van der Waals surface area contributed by atoms with Gasteiger partial charge in [0, 0.05) is 22.4 Å². The number of benzene rings is 3. The molecule has 33 heavy (non-hydrogen) atoms. The summed E-state index contributed by atoms with van der Waals surface area (Å²) in [6.07, 6.45) is 2.08. The molecular formula is C28H25F2NO2. The van der Waals surface area contributed by atoms with Crippen molar-refractivity contribution >= 4 is 23.0 Å². The Morgan fingerprint density at radius 3 is 2.12 bits per heavy atom. The van der Waals surface area contributed by atoms with Crippen LogP contribution in [0.1, 0.15) is 41.8 Å². The third-order valence-corrected chi connectivity index (χ3v) is 5.05. The topological polar surface area (TPSA) is 46.2 Å². The molecule has 0 radical (unpaired) electrons. The molecule has 0 bridgehead atoms. The predicted octanol–water partition coefficient (Wildman–Crippen LogP) is 6.82. The molecule has 0 atom stereocenters. The highest BCUT2D eigenvalue weighted by Gasteiger charge is 2.17. The minimum atomic E-state index is -0.496. The van der Waals surface area contributed by atoms with Crippen molar-refractivity contribution in [2.45, 2.75) is 20.3 Å². The van der Waals surface area contributed by atoms with Crippen molar-refractivity contribution in [3.8, 4) is 0 Å². The molecule has 0 aromatic heterocycles. The maximum atomic E-state index is 13.5. The molecule has 1 amide bonds. The van der Waals surface area contributed by atoms with Gasteiger partial charge in [0.1, 0.15) is 11.6 Å². The van der Waals surface area contributed by atoms with Crippen LogP contribution in [0.5, 0.6) is 0 Å². The molecule has 5 heteroatoms. The van der Waals surface area contributed by atoms with Crippen LogP contribution in [-0.2, 0) is 4.79 Å². The molecule has 3 nitrogen and oxygen atoms in total. The van der Waals surface area contributed by atoms with Gasteiger partial charge in [0.2, 0.25) is 0 Å². The molecule has 168 valence electrons. The standard InChI is InChI=1S/C28H25F2NO2/c1-4-25(26(15-18(2)3)19-11-13-22(29)14-12-19)28(33)31-24-10-6-8-21(17-24)27(32)20-7-5-9-23(30)16-20/h4-14,16-18H,1,15H2,2-3H3,(H,31,33)/b26-25-. The average Bonchev–Trinajstić information content (AvgIpc) is 2.79. The van der Waals surface area contributed by atoms with Crippen LogP contribution in [0.4, 0.5) is 14.5 Å².